The van der Waals surface area contributed by atoms with E-state index >= 15 is 0 Å². The van der Waals surface area contributed by atoms with E-state index in [0.29, 0.717) is 28.7 Å². The van der Waals surface area contributed by atoms with Crippen LogP contribution in [0.1, 0.15) is 23.1 Å². The summed E-state index contributed by atoms with van der Waals surface area (Å²) < 4.78 is 6.96. The minimum Gasteiger partial charge on any atom is -0.496 e. The number of ether oxygens (including phenoxy) is 1. The van der Waals surface area contributed by atoms with Gasteiger partial charge < -0.3 is 9.30 Å². The number of carbonyl (C=O) groups is 1. The molecule has 0 aliphatic heterocycles. The van der Waals surface area contributed by atoms with Crippen molar-refractivity contribution < 1.29 is 9.53 Å². The van der Waals surface area contributed by atoms with E-state index in [0.717, 1.165) is 0 Å². The lowest BCUT2D eigenvalue weighted by atomic mass is 10.1. The Balaban J connectivity index is 2.46. The summed E-state index contributed by atoms with van der Waals surface area (Å²) in [6.45, 7) is 2.65. The Morgan fingerprint density at radius 1 is 1.50 bits per heavy atom. The lowest BCUT2D eigenvalue weighted by molar-refractivity contribution is 0.102. The fourth-order valence-electron chi connectivity index (χ4n) is 1.75. The molecule has 0 radical (unpaired) electrons. The first-order valence-corrected chi connectivity index (χ1v) is 5.94. The van der Waals surface area contributed by atoms with Gasteiger partial charge in [-0.3, -0.25) is 4.79 Å². The van der Waals surface area contributed by atoms with Gasteiger partial charge in [-0.2, -0.15) is 0 Å². The number of hydrogen-bond donors (Lipinski definition) is 0. The van der Waals surface area contributed by atoms with Crippen LogP contribution in [0.5, 0.6) is 5.75 Å². The molecule has 0 amide bonds. The normalized spacial score (nSPS) is 10.4. The number of ketones is 1. The van der Waals surface area contributed by atoms with Gasteiger partial charge in [-0.05, 0) is 25.1 Å². The number of rotatable bonds is 4. The lowest BCUT2D eigenvalue weighted by Gasteiger charge is -2.08. The van der Waals surface area contributed by atoms with Crippen LogP contribution in [0, 0.1) is 0 Å². The summed E-state index contributed by atoms with van der Waals surface area (Å²) in [5.74, 6) is 0.687. The fraction of sp³-hybridized carbons (Fsp3) is 0.231. The molecule has 2 aromatic rings. The van der Waals surface area contributed by atoms with Crippen LogP contribution in [0.3, 0.4) is 0 Å². The van der Waals surface area contributed by atoms with Crippen molar-refractivity contribution in [3.63, 3.8) is 0 Å². The molecule has 0 saturated heterocycles. The highest BCUT2D eigenvalue weighted by Crippen LogP contribution is 2.25. The molecule has 1 heterocycles. The summed E-state index contributed by atoms with van der Waals surface area (Å²) in [5.41, 5.74) is 0.461. The highest BCUT2D eigenvalue weighted by atomic mass is 35.5. The molecule has 1 aromatic carbocycles. The molecule has 94 valence electrons. The molecule has 0 atom stereocenters. The quantitative estimate of drug-likeness (QED) is 0.798. The van der Waals surface area contributed by atoms with Crippen LogP contribution >= 0.6 is 11.6 Å². The Morgan fingerprint density at radius 3 is 2.94 bits per heavy atom. The standard InChI is InChI=1S/C13H13ClN2O2/c1-3-16-7-6-15-13(16)12(17)10-5-4-9(14)8-11(10)18-2/h4-8H,3H2,1-2H3. The summed E-state index contributed by atoms with van der Waals surface area (Å²) in [6.07, 6.45) is 3.38. The predicted octanol–water partition coefficient (Wildman–Crippen LogP) is 2.80. The smallest absolute Gasteiger partial charge is 0.232 e. The largest absolute Gasteiger partial charge is 0.496 e. The molecule has 18 heavy (non-hydrogen) atoms. The van der Waals surface area contributed by atoms with E-state index in [4.69, 9.17) is 16.3 Å². The molecular formula is C13H13ClN2O2. The van der Waals surface area contributed by atoms with Crippen molar-refractivity contribution in [1.82, 2.24) is 9.55 Å². The van der Waals surface area contributed by atoms with Gasteiger partial charge in [0.05, 0.1) is 12.7 Å². The maximum absolute atomic E-state index is 12.4. The zero-order chi connectivity index (χ0) is 13.1. The topological polar surface area (TPSA) is 44.1 Å². The van der Waals surface area contributed by atoms with E-state index in [1.807, 2.05) is 6.92 Å². The zero-order valence-corrected chi connectivity index (χ0v) is 10.9. The first-order chi connectivity index (χ1) is 8.67. The van der Waals surface area contributed by atoms with Crippen LogP contribution in [0.25, 0.3) is 0 Å². The SMILES string of the molecule is CCn1ccnc1C(=O)c1ccc(Cl)cc1OC. The molecule has 2 rings (SSSR count). The van der Waals surface area contributed by atoms with E-state index < -0.39 is 0 Å². The lowest BCUT2D eigenvalue weighted by Crippen LogP contribution is -2.11. The van der Waals surface area contributed by atoms with Gasteiger partial charge >= 0.3 is 0 Å². The van der Waals surface area contributed by atoms with E-state index in [-0.39, 0.29) is 5.78 Å². The number of hydrogen-bond acceptors (Lipinski definition) is 3. The van der Waals surface area contributed by atoms with E-state index in [2.05, 4.69) is 4.98 Å². The van der Waals surface area contributed by atoms with Gasteiger partial charge in [-0.25, -0.2) is 4.98 Å². The average Bonchev–Trinajstić information content (AvgIpc) is 2.86. The summed E-state index contributed by atoms with van der Waals surface area (Å²) in [5, 5.41) is 0.530. The minimum atomic E-state index is -0.171. The first-order valence-electron chi connectivity index (χ1n) is 5.56. The Kier molecular flexibility index (Phi) is 3.67. The minimum absolute atomic E-state index is 0.171. The van der Waals surface area contributed by atoms with Crippen molar-refractivity contribution in [2.45, 2.75) is 13.5 Å². The molecule has 0 aliphatic rings. The second-order valence-corrected chi connectivity index (χ2v) is 4.15. The summed E-state index contributed by atoms with van der Waals surface area (Å²) in [6, 6.07) is 4.93. The van der Waals surface area contributed by atoms with Crippen molar-refractivity contribution in [3.8, 4) is 5.75 Å². The van der Waals surface area contributed by atoms with E-state index in [1.165, 1.54) is 7.11 Å². The van der Waals surface area contributed by atoms with Crippen molar-refractivity contribution in [3.05, 3.63) is 47.0 Å². The molecule has 5 heteroatoms. The molecule has 0 aliphatic carbocycles. The van der Waals surface area contributed by atoms with Gasteiger partial charge in [0.25, 0.3) is 0 Å². The predicted molar refractivity (Wildman–Crippen MR) is 69.3 cm³/mol. The number of aryl methyl sites for hydroxylation is 1. The van der Waals surface area contributed by atoms with Gasteiger partial charge in [-0.1, -0.05) is 11.6 Å². The van der Waals surface area contributed by atoms with E-state index in [9.17, 15) is 4.79 Å². The number of aromatic nitrogens is 2. The summed E-state index contributed by atoms with van der Waals surface area (Å²) in [4.78, 5) is 16.5. The Bertz CT molecular complexity index is 578. The average molecular weight is 265 g/mol. The van der Waals surface area contributed by atoms with Crippen LogP contribution < -0.4 is 4.74 Å². The third-order valence-electron chi connectivity index (χ3n) is 2.67. The molecule has 0 bridgehead atoms. The van der Waals surface area contributed by atoms with Crippen molar-refractivity contribution >= 4 is 17.4 Å². The second kappa shape index (κ2) is 5.23. The first kappa shape index (κ1) is 12.6. The monoisotopic (exact) mass is 264 g/mol. The van der Waals surface area contributed by atoms with Gasteiger partial charge in [-0.15, -0.1) is 0 Å². The Hall–Kier alpha value is -1.81. The van der Waals surface area contributed by atoms with Crippen LogP contribution in [-0.2, 0) is 6.54 Å². The molecule has 1 aromatic heterocycles. The van der Waals surface area contributed by atoms with E-state index in [1.54, 1.807) is 35.2 Å². The molecule has 0 saturated carbocycles. The number of imidazole rings is 1. The Labute approximate surface area is 110 Å². The van der Waals surface area contributed by atoms with Crippen molar-refractivity contribution in [2.75, 3.05) is 7.11 Å². The number of carbonyl (C=O) groups excluding carboxylic acids is 1. The number of nitrogens with zero attached hydrogens (tertiary/aromatic N) is 2. The van der Waals surface area contributed by atoms with Crippen LogP contribution in [-0.4, -0.2) is 22.4 Å². The second-order valence-electron chi connectivity index (χ2n) is 3.71. The number of halogens is 1. The molecular weight excluding hydrogens is 252 g/mol. The van der Waals surface area contributed by atoms with Crippen LogP contribution in [0.2, 0.25) is 5.02 Å². The highest BCUT2D eigenvalue weighted by molar-refractivity contribution is 6.31. The van der Waals surface area contributed by atoms with Crippen molar-refractivity contribution in [1.29, 1.82) is 0 Å². The molecule has 0 spiro atoms. The van der Waals surface area contributed by atoms with Crippen LogP contribution in [0.15, 0.2) is 30.6 Å². The summed E-state index contributed by atoms with van der Waals surface area (Å²) >= 11 is 5.87. The molecule has 0 fully saturated rings. The third kappa shape index (κ3) is 2.24. The summed E-state index contributed by atoms with van der Waals surface area (Å²) in [7, 11) is 1.51. The third-order valence-corrected chi connectivity index (χ3v) is 2.90. The number of methoxy groups -OCH3 is 1. The van der Waals surface area contributed by atoms with Crippen LogP contribution in [0.4, 0.5) is 0 Å². The molecule has 0 N–H and O–H groups in total. The zero-order valence-electron chi connectivity index (χ0n) is 10.2. The van der Waals surface area contributed by atoms with Gasteiger partial charge in [0.1, 0.15) is 5.75 Å². The highest BCUT2D eigenvalue weighted by Gasteiger charge is 2.18. The van der Waals surface area contributed by atoms with Gasteiger partial charge in [0.15, 0.2) is 5.82 Å². The molecule has 0 unspecified atom stereocenters. The van der Waals surface area contributed by atoms with Gasteiger partial charge in [0.2, 0.25) is 5.78 Å². The fourth-order valence-corrected chi connectivity index (χ4v) is 1.91. The molecule has 4 nitrogen and oxygen atoms in total. The maximum Gasteiger partial charge on any atom is 0.232 e. The number of benzene rings is 1. The van der Waals surface area contributed by atoms with Gasteiger partial charge in [0, 0.05) is 24.0 Å². The van der Waals surface area contributed by atoms with Crippen molar-refractivity contribution in [2.24, 2.45) is 0 Å². The maximum atomic E-state index is 12.4. The Morgan fingerprint density at radius 2 is 2.28 bits per heavy atom.